The summed E-state index contributed by atoms with van der Waals surface area (Å²) >= 11 is 0. The summed E-state index contributed by atoms with van der Waals surface area (Å²) in [6.07, 6.45) is 1.63. The summed E-state index contributed by atoms with van der Waals surface area (Å²) in [7, 11) is 1.66. The predicted molar refractivity (Wildman–Crippen MR) is 103 cm³/mol. The number of hydrogen-bond acceptors (Lipinski definition) is 4. The molecule has 2 aromatic carbocycles. The van der Waals surface area contributed by atoms with Crippen LogP contribution < -0.4 is 9.47 Å². The smallest absolute Gasteiger partial charge is 0.334 e. The lowest BCUT2D eigenvalue weighted by atomic mass is 9.76. The van der Waals surface area contributed by atoms with Crippen molar-refractivity contribution in [1.82, 2.24) is 0 Å². The SMILES string of the molecule is C=C1C(=O)OC2c3c(C)c(OCc4ccc(OC)cc4)cc(C)c3CC[C@@H]12. The second kappa shape index (κ2) is 6.76. The third-order valence-electron chi connectivity index (χ3n) is 5.77. The van der Waals surface area contributed by atoms with E-state index in [9.17, 15) is 4.79 Å². The van der Waals surface area contributed by atoms with E-state index in [-0.39, 0.29) is 18.0 Å². The molecule has 1 unspecified atom stereocenters. The van der Waals surface area contributed by atoms with Gasteiger partial charge in [-0.2, -0.15) is 0 Å². The topological polar surface area (TPSA) is 44.8 Å². The van der Waals surface area contributed by atoms with Crippen molar-refractivity contribution in [2.45, 2.75) is 39.4 Å². The Morgan fingerprint density at radius 2 is 1.96 bits per heavy atom. The fraction of sp³-hybridized carbons (Fsp3) is 0.348. The molecule has 0 bridgehead atoms. The van der Waals surface area contributed by atoms with E-state index in [1.807, 2.05) is 24.3 Å². The molecule has 1 aliphatic carbocycles. The number of aryl methyl sites for hydroxylation is 1. The highest BCUT2D eigenvalue weighted by Gasteiger charge is 2.44. The number of esters is 1. The van der Waals surface area contributed by atoms with Crippen molar-refractivity contribution >= 4 is 5.97 Å². The Labute approximate surface area is 159 Å². The average molecular weight is 364 g/mol. The van der Waals surface area contributed by atoms with Crippen molar-refractivity contribution in [3.63, 3.8) is 0 Å². The molecule has 2 atom stereocenters. The van der Waals surface area contributed by atoms with E-state index in [1.165, 1.54) is 11.1 Å². The summed E-state index contributed by atoms with van der Waals surface area (Å²) in [4.78, 5) is 12.0. The van der Waals surface area contributed by atoms with Crippen LogP contribution in [0.15, 0.2) is 42.5 Å². The number of rotatable bonds is 4. The lowest BCUT2D eigenvalue weighted by molar-refractivity contribution is -0.139. The van der Waals surface area contributed by atoms with Crippen molar-refractivity contribution in [3.8, 4) is 11.5 Å². The molecule has 2 aliphatic rings. The van der Waals surface area contributed by atoms with Crippen LogP contribution >= 0.6 is 0 Å². The number of fused-ring (bicyclic) bond motifs is 3. The van der Waals surface area contributed by atoms with Crippen molar-refractivity contribution in [1.29, 1.82) is 0 Å². The monoisotopic (exact) mass is 364 g/mol. The number of hydrogen-bond donors (Lipinski definition) is 0. The Morgan fingerprint density at radius 1 is 1.22 bits per heavy atom. The highest BCUT2D eigenvalue weighted by molar-refractivity contribution is 5.91. The molecule has 2 aromatic rings. The Morgan fingerprint density at radius 3 is 2.67 bits per heavy atom. The quantitative estimate of drug-likeness (QED) is 0.587. The van der Waals surface area contributed by atoms with Gasteiger partial charge in [-0.1, -0.05) is 18.7 Å². The van der Waals surface area contributed by atoms with E-state index >= 15 is 0 Å². The van der Waals surface area contributed by atoms with Crippen LogP contribution in [0, 0.1) is 19.8 Å². The van der Waals surface area contributed by atoms with E-state index in [0.29, 0.717) is 12.2 Å². The number of carbonyl (C=O) groups excluding carboxylic acids is 1. The number of carbonyl (C=O) groups is 1. The normalized spacial score (nSPS) is 20.7. The second-order valence-corrected chi connectivity index (χ2v) is 7.34. The lowest BCUT2D eigenvalue weighted by Gasteiger charge is -2.30. The maximum absolute atomic E-state index is 12.0. The molecule has 0 spiro atoms. The molecule has 1 heterocycles. The minimum absolute atomic E-state index is 0.0833. The molecule has 0 saturated carbocycles. The van der Waals surface area contributed by atoms with E-state index in [0.717, 1.165) is 41.0 Å². The van der Waals surface area contributed by atoms with Gasteiger partial charge < -0.3 is 14.2 Å². The average Bonchev–Trinajstić information content (AvgIpc) is 2.97. The number of ether oxygens (including phenoxy) is 3. The Bertz CT molecular complexity index is 911. The van der Waals surface area contributed by atoms with Crippen molar-refractivity contribution in [2.75, 3.05) is 7.11 Å². The van der Waals surface area contributed by atoms with Crippen LogP contribution in [0.5, 0.6) is 11.5 Å². The van der Waals surface area contributed by atoms with Gasteiger partial charge in [-0.15, -0.1) is 0 Å². The van der Waals surface area contributed by atoms with Gasteiger partial charge in [0.05, 0.1) is 7.11 Å². The second-order valence-electron chi connectivity index (χ2n) is 7.34. The van der Waals surface area contributed by atoms with Crippen LogP contribution in [-0.4, -0.2) is 13.1 Å². The molecule has 1 fully saturated rings. The molecule has 4 rings (SSSR count). The summed E-state index contributed by atoms with van der Waals surface area (Å²) < 4.78 is 17.0. The molecule has 140 valence electrons. The zero-order valence-corrected chi connectivity index (χ0v) is 16.0. The molecule has 0 amide bonds. The molecular formula is C23H24O4. The minimum Gasteiger partial charge on any atom is -0.497 e. The van der Waals surface area contributed by atoms with Crippen LogP contribution in [0.4, 0.5) is 0 Å². The van der Waals surface area contributed by atoms with Gasteiger partial charge in [0.15, 0.2) is 0 Å². The first-order valence-electron chi connectivity index (χ1n) is 9.28. The third kappa shape index (κ3) is 2.99. The van der Waals surface area contributed by atoms with Gasteiger partial charge in [0.1, 0.15) is 24.2 Å². The molecule has 27 heavy (non-hydrogen) atoms. The molecular weight excluding hydrogens is 340 g/mol. The molecule has 0 aromatic heterocycles. The minimum atomic E-state index is -0.264. The zero-order chi connectivity index (χ0) is 19.1. The summed E-state index contributed by atoms with van der Waals surface area (Å²) in [5.74, 6) is 1.49. The van der Waals surface area contributed by atoms with Crippen LogP contribution in [-0.2, 0) is 22.6 Å². The van der Waals surface area contributed by atoms with Gasteiger partial charge in [0, 0.05) is 17.1 Å². The Balaban J connectivity index is 1.63. The van der Waals surface area contributed by atoms with E-state index in [1.54, 1.807) is 7.11 Å². The van der Waals surface area contributed by atoms with E-state index in [2.05, 4.69) is 26.5 Å². The number of benzene rings is 2. The molecule has 1 aliphatic heterocycles. The Kier molecular flexibility index (Phi) is 4.42. The van der Waals surface area contributed by atoms with Crippen LogP contribution in [0.1, 0.15) is 40.3 Å². The zero-order valence-electron chi connectivity index (χ0n) is 16.0. The van der Waals surface area contributed by atoms with Gasteiger partial charge >= 0.3 is 5.97 Å². The van der Waals surface area contributed by atoms with E-state index in [4.69, 9.17) is 14.2 Å². The number of methoxy groups -OCH3 is 1. The van der Waals surface area contributed by atoms with Crippen LogP contribution in [0.25, 0.3) is 0 Å². The molecule has 1 saturated heterocycles. The van der Waals surface area contributed by atoms with Gasteiger partial charge in [0.2, 0.25) is 0 Å². The standard InChI is InChI=1S/C23H24O4/c1-13-11-20(26-12-16-5-7-17(25-4)8-6-16)15(3)21-18(13)9-10-19-14(2)23(24)27-22(19)21/h5-8,11,19,22H,2,9-10,12H2,1,3-4H3/t19-,22?/m0/s1. The first-order chi connectivity index (χ1) is 13.0. The van der Waals surface area contributed by atoms with Gasteiger partial charge in [-0.05, 0) is 67.1 Å². The van der Waals surface area contributed by atoms with E-state index < -0.39 is 0 Å². The molecule has 4 nitrogen and oxygen atoms in total. The molecule has 0 radical (unpaired) electrons. The van der Waals surface area contributed by atoms with Crippen LogP contribution in [0.2, 0.25) is 0 Å². The van der Waals surface area contributed by atoms with Gasteiger partial charge in [-0.3, -0.25) is 0 Å². The summed E-state index contributed by atoms with van der Waals surface area (Å²) in [6, 6.07) is 9.95. The van der Waals surface area contributed by atoms with Crippen molar-refractivity contribution in [2.24, 2.45) is 5.92 Å². The van der Waals surface area contributed by atoms with Gasteiger partial charge in [-0.25, -0.2) is 4.79 Å². The summed E-state index contributed by atoms with van der Waals surface area (Å²) in [6.45, 7) is 8.57. The lowest BCUT2D eigenvalue weighted by Crippen LogP contribution is -2.20. The summed E-state index contributed by atoms with van der Waals surface area (Å²) in [5, 5.41) is 0. The first kappa shape index (κ1) is 17.7. The van der Waals surface area contributed by atoms with Crippen LogP contribution in [0.3, 0.4) is 0 Å². The fourth-order valence-corrected chi connectivity index (χ4v) is 4.21. The third-order valence-corrected chi connectivity index (χ3v) is 5.77. The maximum atomic E-state index is 12.0. The van der Waals surface area contributed by atoms with Gasteiger partial charge in [0.25, 0.3) is 0 Å². The molecule has 0 N–H and O–H groups in total. The molecule has 4 heteroatoms. The highest BCUT2D eigenvalue weighted by Crippen LogP contribution is 2.49. The van der Waals surface area contributed by atoms with Crippen molar-refractivity contribution in [3.05, 3.63) is 70.3 Å². The maximum Gasteiger partial charge on any atom is 0.334 e. The summed E-state index contributed by atoms with van der Waals surface area (Å²) in [5.41, 5.74) is 6.32. The predicted octanol–water partition coefficient (Wildman–Crippen LogP) is 4.61. The largest absolute Gasteiger partial charge is 0.497 e. The highest BCUT2D eigenvalue weighted by atomic mass is 16.6. The first-order valence-corrected chi connectivity index (χ1v) is 9.28. The fourth-order valence-electron chi connectivity index (χ4n) is 4.21. The Hall–Kier alpha value is -2.75. The van der Waals surface area contributed by atoms with Crippen molar-refractivity contribution < 1.29 is 19.0 Å².